The topological polar surface area (TPSA) is 58.6 Å². The molecule has 0 aliphatic heterocycles. The number of rotatable bonds is 5. The number of hydrogen-bond acceptors (Lipinski definition) is 3. The number of halogens is 4. The molecule has 0 spiro atoms. The summed E-state index contributed by atoms with van der Waals surface area (Å²) < 4.78 is 43.9. The van der Waals surface area contributed by atoms with Crippen LogP contribution in [0.2, 0.25) is 0 Å². The zero-order valence-corrected chi connectivity index (χ0v) is 12.3. The van der Waals surface area contributed by atoms with Crippen molar-refractivity contribution in [2.45, 2.75) is 25.2 Å². The third-order valence-corrected chi connectivity index (χ3v) is 3.48. The third-order valence-electron chi connectivity index (χ3n) is 2.86. The Bertz CT molecular complexity index is 507. The van der Waals surface area contributed by atoms with Gasteiger partial charge in [0.25, 0.3) is 0 Å². The quantitative estimate of drug-likeness (QED) is 0.852. The summed E-state index contributed by atoms with van der Waals surface area (Å²) in [6, 6.07) is 4.69. The van der Waals surface area contributed by atoms with E-state index in [1.807, 2.05) is 5.32 Å². The van der Waals surface area contributed by atoms with Gasteiger partial charge in [0.15, 0.2) is 0 Å². The molecule has 0 aliphatic carbocycles. The Hall–Kier alpha value is -1.28. The van der Waals surface area contributed by atoms with Gasteiger partial charge in [-0.3, -0.25) is 5.32 Å². The smallest absolute Gasteiger partial charge is 0.417 e. The SMILES string of the molecule is COc1ccc(CNC(C)(C(=O)O)C(F)(F)F)cc1Br. The van der Waals surface area contributed by atoms with Gasteiger partial charge in [-0.1, -0.05) is 6.07 Å². The lowest BCUT2D eigenvalue weighted by molar-refractivity contribution is -0.206. The number of carbonyl (C=O) groups is 1. The highest BCUT2D eigenvalue weighted by Gasteiger charge is 2.57. The maximum Gasteiger partial charge on any atom is 0.417 e. The van der Waals surface area contributed by atoms with E-state index >= 15 is 0 Å². The second-order valence-corrected chi connectivity index (χ2v) is 5.10. The number of methoxy groups -OCH3 is 1. The zero-order chi connectivity index (χ0) is 15.6. The molecule has 0 bridgehead atoms. The Labute approximate surface area is 122 Å². The van der Waals surface area contributed by atoms with Gasteiger partial charge in [0.2, 0.25) is 5.54 Å². The van der Waals surface area contributed by atoms with E-state index in [1.165, 1.54) is 7.11 Å². The average molecular weight is 356 g/mol. The van der Waals surface area contributed by atoms with Gasteiger partial charge in [0.1, 0.15) is 5.75 Å². The number of aliphatic carboxylic acids is 1. The van der Waals surface area contributed by atoms with Gasteiger partial charge < -0.3 is 9.84 Å². The van der Waals surface area contributed by atoms with Crippen LogP contribution in [-0.2, 0) is 11.3 Å². The molecule has 0 aliphatic rings. The fourth-order valence-corrected chi connectivity index (χ4v) is 1.98. The first-order chi connectivity index (χ1) is 9.11. The van der Waals surface area contributed by atoms with Crippen LogP contribution >= 0.6 is 15.9 Å². The van der Waals surface area contributed by atoms with Crippen LogP contribution in [0.3, 0.4) is 0 Å². The maximum absolute atomic E-state index is 12.8. The van der Waals surface area contributed by atoms with Crippen molar-refractivity contribution >= 4 is 21.9 Å². The lowest BCUT2D eigenvalue weighted by Crippen LogP contribution is -2.59. The van der Waals surface area contributed by atoms with Crippen molar-refractivity contribution in [3.63, 3.8) is 0 Å². The highest BCUT2D eigenvalue weighted by Crippen LogP contribution is 2.31. The molecule has 0 saturated carbocycles. The minimum Gasteiger partial charge on any atom is -0.496 e. The average Bonchev–Trinajstić information content (AvgIpc) is 2.34. The summed E-state index contributed by atoms with van der Waals surface area (Å²) >= 11 is 3.20. The summed E-state index contributed by atoms with van der Waals surface area (Å²) in [5.41, 5.74) is -2.51. The van der Waals surface area contributed by atoms with Crippen LogP contribution in [0.1, 0.15) is 12.5 Å². The number of carboxylic acid groups (broad SMARTS) is 1. The lowest BCUT2D eigenvalue weighted by atomic mass is 10.0. The Morgan fingerprint density at radius 3 is 2.45 bits per heavy atom. The molecule has 0 amide bonds. The molecule has 0 aromatic heterocycles. The highest BCUT2D eigenvalue weighted by atomic mass is 79.9. The third kappa shape index (κ3) is 3.43. The predicted octanol–water partition coefficient (Wildman–Crippen LogP) is 2.95. The molecule has 1 atom stereocenters. The minimum atomic E-state index is -4.90. The molecule has 0 fully saturated rings. The summed E-state index contributed by atoms with van der Waals surface area (Å²) in [7, 11) is 1.46. The Kier molecular flexibility index (Phi) is 5.04. The molecule has 112 valence electrons. The molecule has 20 heavy (non-hydrogen) atoms. The molecule has 0 radical (unpaired) electrons. The van der Waals surface area contributed by atoms with Crippen LogP contribution in [0.4, 0.5) is 13.2 Å². The Balaban J connectivity index is 2.89. The maximum atomic E-state index is 12.8. The van der Waals surface area contributed by atoms with Gasteiger partial charge in [-0.15, -0.1) is 0 Å². The summed E-state index contributed by atoms with van der Waals surface area (Å²) in [6.45, 7) is 0.346. The summed E-state index contributed by atoms with van der Waals surface area (Å²) in [4.78, 5) is 10.8. The Morgan fingerprint density at radius 2 is 2.05 bits per heavy atom. The fourth-order valence-electron chi connectivity index (χ4n) is 1.40. The first kappa shape index (κ1) is 16.8. The van der Waals surface area contributed by atoms with Crippen molar-refractivity contribution in [1.29, 1.82) is 0 Å². The highest BCUT2D eigenvalue weighted by molar-refractivity contribution is 9.10. The molecule has 0 saturated heterocycles. The predicted molar refractivity (Wildman–Crippen MR) is 69.6 cm³/mol. The van der Waals surface area contributed by atoms with E-state index < -0.39 is 17.7 Å². The molecule has 8 heteroatoms. The van der Waals surface area contributed by atoms with E-state index in [9.17, 15) is 18.0 Å². The van der Waals surface area contributed by atoms with Crippen molar-refractivity contribution in [3.8, 4) is 5.75 Å². The number of carboxylic acids is 1. The monoisotopic (exact) mass is 355 g/mol. The first-order valence-corrected chi connectivity index (χ1v) is 6.28. The van der Waals surface area contributed by atoms with Crippen LogP contribution in [0, 0.1) is 0 Å². The number of benzene rings is 1. The van der Waals surface area contributed by atoms with Crippen LogP contribution in [0.15, 0.2) is 22.7 Å². The van der Waals surface area contributed by atoms with Gasteiger partial charge in [0.05, 0.1) is 11.6 Å². The molecule has 1 aromatic rings. The van der Waals surface area contributed by atoms with Gasteiger partial charge >= 0.3 is 12.1 Å². The molecular weight excluding hydrogens is 343 g/mol. The van der Waals surface area contributed by atoms with E-state index in [0.29, 0.717) is 22.7 Å². The summed E-state index contributed by atoms with van der Waals surface area (Å²) in [5.74, 6) is -1.44. The molecule has 0 heterocycles. The van der Waals surface area contributed by atoms with Gasteiger partial charge in [-0.05, 0) is 40.5 Å². The van der Waals surface area contributed by atoms with Crippen molar-refractivity contribution in [2.75, 3.05) is 7.11 Å². The van der Waals surface area contributed by atoms with Crippen LogP contribution in [0.5, 0.6) is 5.75 Å². The first-order valence-electron chi connectivity index (χ1n) is 5.49. The van der Waals surface area contributed by atoms with Gasteiger partial charge in [-0.2, -0.15) is 13.2 Å². The lowest BCUT2D eigenvalue weighted by Gasteiger charge is -2.28. The fraction of sp³-hybridized carbons (Fsp3) is 0.417. The second-order valence-electron chi connectivity index (χ2n) is 4.25. The molecule has 1 rings (SSSR count). The number of nitrogens with one attached hydrogen (secondary N) is 1. The van der Waals surface area contributed by atoms with E-state index in [1.54, 1.807) is 18.2 Å². The molecule has 2 N–H and O–H groups in total. The van der Waals surface area contributed by atoms with E-state index in [-0.39, 0.29) is 6.54 Å². The standard InChI is InChI=1S/C12H13BrF3NO3/c1-11(10(18)19,12(14,15)16)17-6-7-3-4-9(20-2)8(13)5-7/h3-5,17H,6H2,1-2H3,(H,18,19). The normalized spacial score (nSPS) is 14.7. The van der Waals surface area contributed by atoms with Crippen molar-refractivity contribution < 1.29 is 27.8 Å². The van der Waals surface area contributed by atoms with Crippen LogP contribution in [-0.4, -0.2) is 29.9 Å². The second kappa shape index (κ2) is 6.01. The molecule has 4 nitrogen and oxygen atoms in total. The van der Waals surface area contributed by atoms with Crippen LogP contribution < -0.4 is 10.1 Å². The zero-order valence-electron chi connectivity index (χ0n) is 10.7. The largest absolute Gasteiger partial charge is 0.496 e. The van der Waals surface area contributed by atoms with Gasteiger partial charge in [0, 0.05) is 6.54 Å². The number of hydrogen-bond donors (Lipinski definition) is 2. The van der Waals surface area contributed by atoms with E-state index in [2.05, 4.69) is 15.9 Å². The number of alkyl halides is 3. The van der Waals surface area contributed by atoms with Gasteiger partial charge in [-0.25, -0.2) is 4.79 Å². The van der Waals surface area contributed by atoms with E-state index in [4.69, 9.17) is 9.84 Å². The Morgan fingerprint density at radius 1 is 1.45 bits per heavy atom. The molecule has 1 unspecified atom stereocenters. The van der Waals surface area contributed by atoms with E-state index in [0.717, 1.165) is 0 Å². The summed E-state index contributed by atoms with van der Waals surface area (Å²) in [5, 5.41) is 10.8. The van der Waals surface area contributed by atoms with Crippen LogP contribution in [0.25, 0.3) is 0 Å². The van der Waals surface area contributed by atoms with Crippen molar-refractivity contribution in [2.24, 2.45) is 0 Å². The summed E-state index contributed by atoms with van der Waals surface area (Å²) in [6.07, 6.45) is -4.90. The van der Waals surface area contributed by atoms with Crippen molar-refractivity contribution in [1.82, 2.24) is 5.32 Å². The molecule has 1 aromatic carbocycles. The molecular formula is C12H13BrF3NO3. The number of ether oxygens (including phenoxy) is 1. The van der Waals surface area contributed by atoms with Crippen molar-refractivity contribution in [3.05, 3.63) is 28.2 Å². The minimum absolute atomic E-state index is 0.245.